The van der Waals surface area contributed by atoms with E-state index in [1.165, 1.54) is 147 Å². The molecular weight excluding hydrogens is 881 g/mol. The Morgan fingerprint density at radius 1 is 0.425 bits per heavy atom. The standard InChI is InChI=1S/C71H72N2/c1-6-10-15-42-71(43-16-11-7-2)68-48-60(70(5,8-3)9-4)32-40-66(68)67-41-39-65(49-69(67)71)73(63-36-29-53(30-37-63)54-20-17-21-55(44-54)57-25-23-52-22-24-56(52)45-57)64-38-31-58-46-62(35-28-59(58)47-64)72-61-33-26-51(27-34-61)50-18-13-12-14-19-50/h12-14,17-21,23,25-41,44-49,72H,6-11,15-16,22,24,42-43H2,1-5H3. The number of benzene rings is 9. The number of hydrogen-bond donors (Lipinski definition) is 1. The Kier molecular flexibility index (Phi) is 13.7. The second-order valence-corrected chi connectivity index (χ2v) is 21.5. The lowest BCUT2D eigenvalue weighted by molar-refractivity contribution is 0.401. The van der Waals surface area contributed by atoms with Crippen LogP contribution in [0, 0.1) is 0 Å². The zero-order valence-electron chi connectivity index (χ0n) is 43.9. The molecule has 0 radical (unpaired) electrons. The zero-order valence-corrected chi connectivity index (χ0v) is 43.9. The third-order valence-corrected chi connectivity index (χ3v) is 17.2. The average Bonchev–Trinajstić information content (AvgIpc) is 3.69. The minimum atomic E-state index is -0.0433. The highest BCUT2D eigenvalue weighted by molar-refractivity contribution is 5.93. The number of hydrogen-bond acceptors (Lipinski definition) is 2. The van der Waals surface area contributed by atoms with Crippen LogP contribution in [-0.2, 0) is 23.7 Å². The molecular formula is C71H72N2. The van der Waals surface area contributed by atoms with Crippen molar-refractivity contribution in [3.05, 3.63) is 222 Å². The molecule has 9 aromatic rings. The van der Waals surface area contributed by atoms with Crippen LogP contribution in [0.15, 0.2) is 194 Å². The van der Waals surface area contributed by atoms with Gasteiger partial charge in [0.25, 0.3) is 0 Å². The second-order valence-electron chi connectivity index (χ2n) is 21.5. The Hall–Kier alpha value is -7.16. The van der Waals surface area contributed by atoms with E-state index in [9.17, 15) is 0 Å². The first-order valence-electron chi connectivity index (χ1n) is 27.7. The van der Waals surface area contributed by atoms with Crippen molar-refractivity contribution in [3.63, 3.8) is 0 Å². The van der Waals surface area contributed by atoms with Gasteiger partial charge in [-0.3, -0.25) is 0 Å². The molecule has 0 bridgehead atoms. The van der Waals surface area contributed by atoms with Gasteiger partial charge in [0.1, 0.15) is 0 Å². The molecule has 11 rings (SSSR count). The Bertz CT molecular complexity index is 3370. The van der Waals surface area contributed by atoms with E-state index in [0.29, 0.717) is 0 Å². The summed E-state index contributed by atoms with van der Waals surface area (Å²) in [6.45, 7) is 11.9. The smallest absolute Gasteiger partial charge is 0.0468 e. The lowest BCUT2D eigenvalue weighted by atomic mass is 9.69. The van der Waals surface area contributed by atoms with E-state index in [0.717, 1.165) is 35.6 Å². The Morgan fingerprint density at radius 3 is 1.64 bits per heavy atom. The summed E-state index contributed by atoms with van der Waals surface area (Å²) in [7, 11) is 0. The molecule has 73 heavy (non-hydrogen) atoms. The number of anilines is 5. The van der Waals surface area contributed by atoms with Crippen molar-refractivity contribution >= 4 is 39.2 Å². The predicted molar refractivity (Wildman–Crippen MR) is 315 cm³/mol. The molecule has 366 valence electrons. The van der Waals surface area contributed by atoms with Gasteiger partial charge >= 0.3 is 0 Å². The number of aryl methyl sites for hydroxylation is 2. The van der Waals surface area contributed by atoms with E-state index in [-0.39, 0.29) is 10.8 Å². The Labute approximate surface area is 436 Å². The second kappa shape index (κ2) is 20.8. The molecule has 2 aliphatic rings. The van der Waals surface area contributed by atoms with Crippen LogP contribution < -0.4 is 10.2 Å². The summed E-state index contributed by atoms with van der Waals surface area (Å²) in [5.74, 6) is 0. The molecule has 0 aliphatic heterocycles. The lowest BCUT2D eigenvalue weighted by Gasteiger charge is -2.35. The summed E-state index contributed by atoms with van der Waals surface area (Å²) in [5, 5.41) is 6.10. The van der Waals surface area contributed by atoms with Crippen molar-refractivity contribution in [2.24, 2.45) is 0 Å². The molecule has 9 aromatic carbocycles. The van der Waals surface area contributed by atoms with E-state index < -0.39 is 0 Å². The van der Waals surface area contributed by atoms with Crippen LogP contribution in [0.2, 0.25) is 0 Å². The average molecular weight is 953 g/mol. The molecule has 1 N–H and O–H groups in total. The van der Waals surface area contributed by atoms with Crippen LogP contribution in [0.4, 0.5) is 28.4 Å². The summed E-state index contributed by atoms with van der Waals surface area (Å²) in [4.78, 5) is 2.52. The van der Waals surface area contributed by atoms with Crippen LogP contribution in [0.25, 0.3) is 55.3 Å². The molecule has 0 spiro atoms. The Morgan fingerprint density at radius 2 is 0.959 bits per heavy atom. The predicted octanol–water partition coefficient (Wildman–Crippen LogP) is 20.7. The number of nitrogens with zero attached hydrogens (tertiary/aromatic N) is 1. The van der Waals surface area contributed by atoms with Gasteiger partial charge in [0, 0.05) is 33.9 Å². The SMILES string of the molecule is CCCCCC1(CCCCC)c2cc(N(c3ccc(-c4cccc(-c5ccc6c(c5)CC6)c4)cc3)c3ccc4cc(Nc5ccc(-c6ccccc6)cc5)ccc4c3)ccc2-c2ccc(C(C)(CC)CC)cc21. The van der Waals surface area contributed by atoms with Crippen molar-refractivity contribution in [3.8, 4) is 44.5 Å². The van der Waals surface area contributed by atoms with Gasteiger partial charge in [0.15, 0.2) is 0 Å². The van der Waals surface area contributed by atoms with E-state index in [1.807, 2.05) is 0 Å². The lowest BCUT2D eigenvalue weighted by Crippen LogP contribution is -2.27. The van der Waals surface area contributed by atoms with Gasteiger partial charge < -0.3 is 10.2 Å². The quantitative estimate of drug-likeness (QED) is 0.0813. The maximum absolute atomic E-state index is 3.69. The van der Waals surface area contributed by atoms with E-state index in [4.69, 9.17) is 0 Å². The van der Waals surface area contributed by atoms with E-state index >= 15 is 0 Å². The third kappa shape index (κ3) is 9.42. The van der Waals surface area contributed by atoms with Gasteiger partial charge in [-0.2, -0.15) is 0 Å². The molecule has 2 aliphatic carbocycles. The first-order chi connectivity index (χ1) is 35.8. The largest absolute Gasteiger partial charge is 0.356 e. The molecule has 0 atom stereocenters. The minimum Gasteiger partial charge on any atom is -0.356 e. The normalized spacial score (nSPS) is 13.3. The van der Waals surface area contributed by atoms with Crippen molar-refractivity contribution in [2.75, 3.05) is 10.2 Å². The highest BCUT2D eigenvalue weighted by atomic mass is 15.1. The zero-order chi connectivity index (χ0) is 49.9. The molecule has 0 saturated heterocycles. The van der Waals surface area contributed by atoms with Gasteiger partial charge in [-0.25, -0.2) is 0 Å². The molecule has 0 heterocycles. The number of nitrogens with one attached hydrogen (secondary N) is 1. The summed E-state index contributed by atoms with van der Waals surface area (Å²) >= 11 is 0. The van der Waals surface area contributed by atoms with E-state index in [1.54, 1.807) is 5.56 Å². The number of fused-ring (bicyclic) bond motifs is 5. The van der Waals surface area contributed by atoms with Crippen molar-refractivity contribution in [2.45, 2.75) is 122 Å². The molecule has 0 saturated carbocycles. The maximum Gasteiger partial charge on any atom is 0.0468 e. The van der Waals surface area contributed by atoms with E-state index in [2.05, 4.69) is 239 Å². The van der Waals surface area contributed by atoms with Crippen molar-refractivity contribution < 1.29 is 0 Å². The first-order valence-corrected chi connectivity index (χ1v) is 27.7. The summed E-state index contributed by atoms with van der Waals surface area (Å²) in [5.41, 5.74) is 23.7. The molecule has 0 aromatic heterocycles. The number of unbranched alkanes of at least 4 members (excludes halogenated alkanes) is 4. The molecule has 0 unspecified atom stereocenters. The van der Waals surface area contributed by atoms with Gasteiger partial charge in [-0.15, -0.1) is 0 Å². The summed E-state index contributed by atoms with van der Waals surface area (Å²) < 4.78 is 0. The van der Waals surface area contributed by atoms with Gasteiger partial charge in [-0.05, 0) is 194 Å². The Balaban J connectivity index is 0.995. The third-order valence-electron chi connectivity index (χ3n) is 17.2. The fraction of sp³-hybridized carbons (Fsp3) is 0.268. The molecule has 2 nitrogen and oxygen atoms in total. The van der Waals surface area contributed by atoms with Crippen LogP contribution in [0.5, 0.6) is 0 Å². The van der Waals surface area contributed by atoms with Crippen LogP contribution >= 0.6 is 0 Å². The molecule has 0 amide bonds. The molecule has 2 heteroatoms. The van der Waals surface area contributed by atoms with Crippen LogP contribution in [0.3, 0.4) is 0 Å². The summed E-state index contributed by atoms with van der Waals surface area (Å²) in [6.07, 6.45) is 14.4. The van der Waals surface area contributed by atoms with Gasteiger partial charge in [-0.1, -0.05) is 201 Å². The van der Waals surface area contributed by atoms with Gasteiger partial charge in [0.05, 0.1) is 0 Å². The minimum absolute atomic E-state index is 0.0433. The first kappa shape index (κ1) is 48.1. The highest BCUT2D eigenvalue weighted by Gasteiger charge is 2.43. The van der Waals surface area contributed by atoms with Gasteiger partial charge in [0.2, 0.25) is 0 Å². The van der Waals surface area contributed by atoms with Crippen LogP contribution in [0.1, 0.15) is 127 Å². The highest BCUT2D eigenvalue weighted by Crippen LogP contribution is 2.57. The van der Waals surface area contributed by atoms with Crippen LogP contribution in [-0.4, -0.2) is 0 Å². The summed E-state index contributed by atoms with van der Waals surface area (Å²) in [6, 6.07) is 73.7. The fourth-order valence-electron chi connectivity index (χ4n) is 12.2. The monoisotopic (exact) mass is 953 g/mol. The topological polar surface area (TPSA) is 15.3 Å². The van der Waals surface area contributed by atoms with Crippen molar-refractivity contribution in [1.29, 1.82) is 0 Å². The number of rotatable bonds is 19. The fourth-order valence-corrected chi connectivity index (χ4v) is 12.2. The maximum atomic E-state index is 3.69. The van der Waals surface area contributed by atoms with Crippen molar-refractivity contribution in [1.82, 2.24) is 0 Å². The molecule has 0 fully saturated rings.